The number of nitrogens with one attached hydrogen (secondary N) is 2. The average Bonchev–Trinajstić information content (AvgIpc) is 3.54. The lowest BCUT2D eigenvalue weighted by Gasteiger charge is -2.28. The first-order chi connectivity index (χ1) is 16.4. The summed E-state index contributed by atoms with van der Waals surface area (Å²) in [5, 5.41) is 6.71. The fraction of sp³-hybridized carbons (Fsp3) is 0.346. The highest BCUT2D eigenvalue weighted by Crippen LogP contribution is 2.44. The van der Waals surface area contributed by atoms with Gasteiger partial charge in [0, 0.05) is 36.6 Å². The van der Waals surface area contributed by atoms with Gasteiger partial charge in [-0.3, -0.25) is 9.78 Å². The largest absolute Gasteiger partial charge is 0.352 e. The van der Waals surface area contributed by atoms with Crippen LogP contribution >= 0.6 is 12.2 Å². The smallest absolute Gasteiger partial charge is 0.226 e. The molecule has 1 aliphatic carbocycles. The van der Waals surface area contributed by atoms with Crippen molar-refractivity contribution in [3.05, 3.63) is 83.2 Å². The molecule has 1 aromatic carbocycles. The van der Waals surface area contributed by atoms with Gasteiger partial charge in [-0.2, -0.15) is 0 Å². The zero-order valence-corrected chi connectivity index (χ0v) is 20.1. The lowest BCUT2D eigenvalue weighted by Crippen LogP contribution is -2.33. The highest BCUT2D eigenvalue weighted by molar-refractivity contribution is 7.80. The van der Waals surface area contributed by atoms with Crippen molar-refractivity contribution in [2.75, 3.05) is 11.9 Å². The van der Waals surface area contributed by atoms with Gasteiger partial charge in [-0.05, 0) is 74.8 Å². The van der Waals surface area contributed by atoms with Gasteiger partial charge in [0.2, 0.25) is 5.91 Å². The summed E-state index contributed by atoms with van der Waals surface area (Å²) in [6.45, 7) is 4.73. The summed E-state index contributed by atoms with van der Waals surface area (Å²) in [5.74, 6) is -0.703. The molecule has 0 bridgehead atoms. The number of nitrogens with zero attached hydrogens (tertiary/aromatic N) is 3. The number of thiocarbonyl (C=S) groups is 1. The summed E-state index contributed by atoms with van der Waals surface area (Å²) in [4.78, 5) is 19.3. The Morgan fingerprint density at radius 1 is 1.21 bits per heavy atom. The molecule has 1 amide bonds. The molecule has 2 N–H and O–H groups in total. The highest BCUT2D eigenvalue weighted by atomic mass is 32.1. The van der Waals surface area contributed by atoms with Crippen LogP contribution in [-0.4, -0.2) is 32.0 Å². The van der Waals surface area contributed by atoms with E-state index >= 15 is 0 Å². The molecule has 2 fully saturated rings. The van der Waals surface area contributed by atoms with Crippen LogP contribution in [0.1, 0.15) is 60.0 Å². The second kappa shape index (κ2) is 9.18. The van der Waals surface area contributed by atoms with E-state index in [1.807, 2.05) is 18.2 Å². The van der Waals surface area contributed by atoms with Crippen molar-refractivity contribution in [2.24, 2.45) is 0 Å². The van der Waals surface area contributed by atoms with Crippen molar-refractivity contribution in [2.45, 2.75) is 51.2 Å². The number of para-hydroxylation sites is 1. The fourth-order valence-corrected chi connectivity index (χ4v) is 5.31. The van der Waals surface area contributed by atoms with Crippen LogP contribution in [0.2, 0.25) is 0 Å². The monoisotopic (exact) mass is 477 g/mol. The second-order valence-corrected chi connectivity index (χ2v) is 9.41. The Bertz CT molecular complexity index is 1220. The zero-order chi connectivity index (χ0) is 23.8. The molecule has 0 radical (unpaired) electrons. The van der Waals surface area contributed by atoms with Gasteiger partial charge < -0.3 is 20.1 Å². The van der Waals surface area contributed by atoms with Crippen molar-refractivity contribution < 1.29 is 9.18 Å². The summed E-state index contributed by atoms with van der Waals surface area (Å²) in [7, 11) is 0. The Kier molecular flexibility index (Phi) is 6.08. The molecule has 34 heavy (non-hydrogen) atoms. The highest BCUT2D eigenvalue weighted by Gasteiger charge is 2.42. The molecule has 1 aliphatic heterocycles. The molecule has 3 heterocycles. The summed E-state index contributed by atoms with van der Waals surface area (Å²) in [6, 6.07) is 14.7. The van der Waals surface area contributed by atoms with Crippen LogP contribution in [0.3, 0.4) is 0 Å². The SMILES string of the molecule is Cc1cc(C2C(c3ccccn3)NC(=S)N2CCC(=O)Nc2ccccc2F)c(C)n1C1CC1. The summed E-state index contributed by atoms with van der Waals surface area (Å²) in [6.07, 6.45) is 4.39. The topological polar surface area (TPSA) is 62.2 Å². The molecule has 6 nitrogen and oxygen atoms in total. The Hall–Kier alpha value is -3.26. The van der Waals surface area contributed by atoms with Gasteiger partial charge in [-0.25, -0.2) is 4.39 Å². The molecule has 2 atom stereocenters. The van der Waals surface area contributed by atoms with Gasteiger partial charge in [-0.15, -0.1) is 0 Å². The number of halogens is 1. The van der Waals surface area contributed by atoms with Crippen LogP contribution in [0.25, 0.3) is 0 Å². The van der Waals surface area contributed by atoms with E-state index in [0.29, 0.717) is 17.7 Å². The third-order valence-corrected chi connectivity index (χ3v) is 7.03. The van der Waals surface area contributed by atoms with E-state index in [2.05, 4.69) is 45.0 Å². The van der Waals surface area contributed by atoms with E-state index in [9.17, 15) is 9.18 Å². The molecule has 2 aliphatic rings. The molecule has 0 spiro atoms. The number of carbonyl (C=O) groups is 1. The third-order valence-electron chi connectivity index (χ3n) is 6.68. The molecule has 1 saturated carbocycles. The van der Waals surface area contributed by atoms with E-state index in [1.54, 1.807) is 24.4 Å². The van der Waals surface area contributed by atoms with Crippen molar-refractivity contribution in [1.29, 1.82) is 0 Å². The number of rotatable bonds is 7. The predicted octanol–water partition coefficient (Wildman–Crippen LogP) is 4.98. The van der Waals surface area contributed by atoms with Crippen LogP contribution in [0.4, 0.5) is 10.1 Å². The quantitative estimate of drug-likeness (QED) is 0.470. The van der Waals surface area contributed by atoms with Crippen LogP contribution < -0.4 is 10.6 Å². The number of carbonyl (C=O) groups excluding carboxylic acids is 1. The number of aromatic nitrogens is 2. The number of hydrogen-bond acceptors (Lipinski definition) is 3. The number of aryl methyl sites for hydroxylation is 1. The maximum Gasteiger partial charge on any atom is 0.226 e. The lowest BCUT2D eigenvalue weighted by molar-refractivity contribution is -0.116. The van der Waals surface area contributed by atoms with Crippen LogP contribution in [0, 0.1) is 19.7 Å². The predicted molar refractivity (Wildman–Crippen MR) is 134 cm³/mol. The van der Waals surface area contributed by atoms with Crippen molar-refractivity contribution >= 4 is 28.9 Å². The van der Waals surface area contributed by atoms with Gasteiger partial charge in [0.1, 0.15) is 5.82 Å². The van der Waals surface area contributed by atoms with Crippen molar-refractivity contribution in [3.8, 4) is 0 Å². The first kappa shape index (κ1) is 22.5. The van der Waals surface area contributed by atoms with E-state index in [0.717, 1.165) is 5.69 Å². The second-order valence-electron chi connectivity index (χ2n) is 9.03. The normalized spacial score (nSPS) is 19.9. The van der Waals surface area contributed by atoms with E-state index < -0.39 is 5.82 Å². The first-order valence-electron chi connectivity index (χ1n) is 11.6. The van der Waals surface area contributed by atoms with Gasteiger partial charge in [0.25, 0.3) is 0 Å². The molecule has 8 heteroatoms. The summed E-state index contributed by atoms with van der Waals surface area (Å²) < 4.78 is 16.4. The maximum atomic E-state index is 14.0. The van der Waals surface area contributed by atoms with Crippen LogP contribution in [-0.2, 0) is 4.79 Å². The molecule has 5 rings (SSSR count). The van der Waals surface area contributed by atoms with Gasteiger partial charge in [-0.1, -0.05) is 18.2 Å². The van der Waals surface area contributed by atoms with Crippen LogP contribution in [0.5, 0.6) is 0 Å². The lowest BCUT2D eigenvalue weighted by atomic mass is 9.96. The minimum absolute atomic E-state index is 0.0950. The minimum atomic E-state index is -0.449. The van der Waals surface area contributed by atoms with Gasteiger partial charge >= 0.3 is 0 Å². The van der Waals surface area contributed by atoms with Crippen molar-refractivity contribution in [3.63, 3.8) is 0 Å². The maximum absolute atomic E-state index is 14.0. The number of hydrogen-bond donors (Lipinski definition) is 2. The molecule has 2 aromatic heterocycles. The van der Waals surface area contributed by atoms with Gasteiger partial charge in [0.05, 0.1) is 23.5 Å². The van der Waals surface area contributed by atoms with Crippen molar-refractivity contribution in [1.82, 2.24) is 19.8 Å². The van der Waals surface area contributed by atoms with E-state index in [4.69, 9.17) is 12.2 Å². The van der Waals surface area contributed by atoms with E-state index in [1.165, 1.54) is 35.9 Å². The van der Waals surface area contributed by atoms with Crippen LogP contribution in [0.15, 0.2) is 54.7 Å². The fourth-order valence-electron chi connectivity index (χ4n) is 4.98. The number of benzene rings is 1. The molecule has 2 unspecified atom stereocenters. The molecular formula is C26H28FN5OS. The summed E-state index contributed by atoms with van der Waals surface area (Å²) in [5.41, 5.74) is 4.76. The molecular weight excluding hydrogens is 449 g/mol. The Morgan fingerprint density at radius 2 is 1.97 bits per heavy atom. The number of anilines is 1. The molecule has 176 valence electrons. The zero-order valence-electron chi connectivity index (χ0n) is 19.3. The van der Waals surface area contributed by atoms with E-state index in [-0.39, 0.29) is 30.1 Å². The van der Waals surface area contributed by atoms with Gasteiger partial charge in [0.15, 0.2) is 5.11 Å². The first-order valence-corrected chi connectivity index (χ1v) is 12.1. The Labute approximate surface area is 204 Å². The Balaban J connectivity index is 1.42. The average molecular weight is 478 g/mol. The minimum Gasteiger partial charge on any atom is -0.352 e. The Morgan fingerprint density at radius 3 is 2.68 bits per heavy atom. The molecule has 3 aromatic rings. The number of pyridine rings is 1. The summed E-state index contributed by atoms with van der Waals surface area (Å²) >= 11 is 5.73. The molecule has 1 saturated heterocycles. The number of amides is 1. The standard InChI is InChI=1S/C26H28FN5OS/c1-16-15-19(17(2)32(16)18-10-11-18)25-24(22-9-5-6-13-28-22)30-26(34)31(25)14-12-23(33)29-21-8-4-3-7-20(21)27/h3-9,13,15,18,24-25H,10-12,14H2,1-2H3,(H,29,33)(H,30,34). The third kappa shape index (κ3) is 4.30.